The minimum Gasteiger partial charge on any atom is -0.383 e. The highest BCUT2D eigenvalue weighted by molar-refractivity contribution is 6.30. The van der Waals surface area contributed by atoms with Crippen molar-refractivity contribution in [2.24, 2.45) is 0 Å². The van der Waals surface area contributed by atoms with Crippen LogP contribution in [0.15, 0.2) is 30.3 Å². The van der Waals surface area contributed by atoms with Crippen molar-refractivity contribution in [3.63, 3.8) is 0 Å². The first-order valence-electron chi connectivity index (χ1n) is 6.32. The molecule has 20 heavy (non-hydrogen) atoms. The molecule has 0 heterocycles. The number of nitrogens with one attached hydrogen (secondary N) is 2. The molecule has 0 saturated carbocycles. The molecule has 110 valence electrons. The lowest BCUT2D eigenvalue weighted by Gasteiger charge is -2.16. The molecule has 2 atom stereocenters. The number of carbonyl (C=O) groups excluding carboxylic acids is 2. The molecule has 2 N–H and O–H groups in total. The molecule has 0 saturated heterocycles. The molecule has 0 aliphatic rings. The van der Waals surface area contributed by atoms with Gasteiger partial charge in [-0.3, -0.25) is 9.59 Å². The maximum Gasteiger partial charge on any atom is 0.243 e. The topological polar surface area (TPSA) is 67.4 Å². The fourth-order valence-corrected chi connectivity index (χ4v) is 1.76. The predicted octanol–water partition coefficient (Wildman–Crippen LogP) is 1.23. The van der Waals surface area contributed by atoms with Crippen molar-refractivity contribution in [2.45, 2.75) is 18.3 Å². The lowest BCUT2D eigenvalue weighted by Crippen LogP contribution is -2.46. The monoisotopic (exact) mass is 298 g/mol. The second-order valence-electron chi connectivity index (χ2n) is 4.29. The number of halogens is 1. The van der Waals surface area contributed by atoms with Gasteiger partial charge in [-0.05, 0) is 12.5 Å². The lowest BCUT2D eigenvalue weighted by molar-refractivity contribution is -0.128. The second kappa shape index (κ2) is 8.55. The van der Waals surface area contributed by atoms with E-state index in [0.29, 0.717) is 18.7 Å². The van der Waals surface area contributed by atoms with Crippen LogP contribution in [0.25, 0.3) is 0 Å². The van der Waals surface area contributed by atoms with Crippen LogP contribution in [0.4, 0.5) is 0 Å². The van der Waals surface area contributed by atoms with Crippen LogP contribution < -0.4 is 10.6 Å². The van der Waals surface area contributed by atoms with E-state index in [1.54, 1.807) is 38.3 Å². The van der Waals surface area contributed by atoms with Crippen LogP contribution in [0, 0.1) is 0 Å². The number of benzene rings is 1. The number of ether oxygens (including phenoxy) is 1. The van der Waals surface area contributed by atoms with Crippen LogP contribution in [0.1, 0.15) is 17.9 Å². The van der Waals surface area contributed by atoms with E-state index in [4.69, 9.17) is 16.3 Å². The lowest BCUT2D eigenvalue weighted by atomic mass is 10.1. The summed E-state index contributed by atoms with van der Waals surface area (Å²) < 4.78 is 4.83. The Kier molecular flexibility index (Phi) is 7.04. The number of carbonyl (C=O) groups is 2. The molecule has 1 aromatic rings. The van der Waals surface area contributed by atoms with Crippen molar-refractivity contribution < 1.29 is 14.3 Å². The zero-order valence-corrected chi connectivity index (χ0v) is 12.3. The molecule has 0 spiro atoms. The highest BCUT2D eigenvalue weighted by Gasteiger charge is 2.21. The zero-order chi connectivity index (χ0) is 15.0. The number of hydrogen-bond donors (Lipinski definition) is 2. The van der Waals surface area contributed by atoms with Crippen molar-refractivity contribution in [1.29, 1.82) is 0 Å². The van der Waals surface area contributed by atoms with E-state index in [1.165, 1.54) is 0 Å². The minimum absolute atomic E-state index is 0.271. The molecule has 5 nitrogen and oxygen atoms in total. The van der Waals surface area contributed by atoms with Gasteiger partial charge in [0.1, 0.15) is 11.4 Å². The molecule has 0 aliphatic carbocycles. The third-order valence-electron chi connectivity index (χ3n) is 2.68. The Hall–Kier alpha value is -1.59. The molecule has 6 heteroatoms. The molecule has 1 rings (SSSR count). The molecular weight excluding hydrogens is 280 g/mol. The summed E-state index contributed by atoms with van der Waals surface area (Å²) in [6.45, 7) is 2.43. The van der Waals surface area contributed by atoms with Crippen LogP contribution in [0.3, 0.4) is 0 Å². The fourth-order valence-electron chi connectivity index (χ4n) is 1.55. The molecule has 2 unspecified atom stereocenters. The predicted molar refractivity (Wildman–Crippen MR) is 77.5 cm³/mol. The Bertz CT molecular complexity index is 439. The normalized spacial score (nSPS) is 13.3. The van der Waals surface area contributed by atoms with Gasteiger partial charge in [0.2, 0.25) is 11.8 Å². The summed E-state index contributed by atoms with van der Waals surface area (Å²) in [6, 6.07) is 8.33. The summed E-state index contributed by atoms with van der Waals surface area (Å²) in [6.07, 6.45) is 0. The maximum absolute atomic E-state index is 11.9. The van der Waals surface area contributed by atoms with Gasteiger partial charge in [0.15, 0.2) is 0 Å². The molecule has 0 bridgehead atoms. The molecular formula is C14H19ClN2O3. The van der Waals surface area contributed by atoms with E-state index in [-0.39, 0.29) is 5.91 Å². The Morgan fingerprint density at radius 2 is 1.90 bits per heavy atom. The van der Waals surface area contributed by atoms with Gasteiger partial charge in [0, 0.05) is 13.7 Å². The molecule has 2 amide bonds. The molecule has 0 aromatic heterocycles. The van der Waals surface area contributed by atoms with Gasteiger partial charge in [-0.25, -0.2) is 0 Å². The first-order valence-corrected chi connectivity index (χ1v) is 6.76. The van der Waals surface area contributed by atoms with E-state index in [0.717, 1.165) is 0 Å². The van der Waals surface area contributed by atoms with Gasteiger partial charge in [-0.15, -0.1) is 11.6 Å². The van der Waals surface area contributed by atoms with Crippen LogP contribution in [0.2, 0.25) is 0 Å². The number of amides is 2. The third kappa shape index (κ3) is 5.19. The number of alkyl halides is 1. The number of methoxy groups -OCH3 is 1. The van der Waals surface area contributed by atoms with E-state index in [9.17, 15) is 9.59 Å². The van der Waals surface area contributed by atoms with E-state index in [1.807, 2.05) is 6.07 Å². The van der Waals surface area contributed by atoms with Gasteiger partial charge in [0.05, 0.1) is 6.61 Å². The minimum atomic E-state index is -0.814. The van der Waals surface area contributed by atoms with E-state index < -0.39 is 17.3 Å². The second-order valence-corrected chi connectivity index (χ2v) is 4.72. The summed E-state index contributed by atoms with van der Waals surface area (Å²) in [7, 11) is 1.55. The van der Waals surface area contributed by atoms with Gasteiger partial charge in [-0.1, -0.05) is 30.3 Å². The van der Waals surface area contributed by atoms with E-state index >= 15 is 0 Å². The Morgan fingerprint density at radius 3 is 2.50 bits per heavy atom. The van der Waals surface area contributed by atoms with Crippen molar-refractivity contribution in [3.05, 3.63) is 35.9 Å². The smallest absolute Gasteiger partial charge is 0.243 e. The van der Waals surface area contributed by atoms with Crippen LogP contribution in [-0.4, -0.2) is 38.1 Å². The van der Waals surface area contributed by atoms with Crippen molar-refractivity contribution in [3.8, 4) is 0 Å². The average Bonchev–Trinajstić information content (AvgIpc) is 2.47. The standard InChI is InChI=1S/C14H19ClN2O3/c1-10(13(18)16-8-9-20-2)17-14(19)12(15)11-6-4-3-5-7-11/h3-7,10,12H,8-9H2,1-2H3,(H,16,18)(H,17,19). The SMILES string of the molecule is COCCNC(=O)C(C)NC(=O)C(Cl)c1ccccc1. The Labute approximate surface area is 123 Å². The molecule has 0 radical (unpaired) electrons. The van der Waals surface area contributed by atoms with Crippen LogP contribution in [-0.2, 0) is 14.3 Å². The van der Waals surface area contributed by atoms with Crippen LogP contribution in [0.5, 0.6) is 0 Å². The quantitative estimate of drug-likeness (QED) is 0.588. The summed E-state index contributed by atoms with van der Waals surface area (Å²) in [5, 5.41) is 4.41. The van der Waals surface area contributed by atoms with Gasteiger partial charge in [-0.2, -0.15) is 0 Å². The highest BCUT2D eigenvalue weighted by Crippen LogP contribution is 2.19. The summed E-state index contributed by atoms with van der Waals surface area (Å²) in [4.78, 5) is 23.6. The van der Waals surface area contributed by atoms with Gasteiger partial charge in [0.25, 0.3) is 0 Å². The van der Waals surface area contributed by atoms with Crippen molar-refractivity contribution in [2.75, 3.05) is 20.3 Å². The summed E-state index contributed by atoms with van der Waals surface area (Å²) in [5.74, 6) is -0.667. The average molecular weight is 299 g/mol. The summed E-state index contributed by atoms with van der Waals surface area (Å²) in [5.41, 5.74) is 0.693. The van der Waals surface area contributed by atoms with Crippen LogP contribution >= 0.6 is 11.6 Å². The zero-order valence-electron chi connectivity index (χ0n) is 11.6. The van der Waals surface area contributed by atoms with Gasteiger partial charge >= 0.3 is 0 Å². The highest BCUT2D eigenvalue weighted by atomic mass is 35.5. The molecule has 0 fully saturated rings. The van der Waals surface area contributed by atoms with Crippen molar-refractivity contribution in [1.82, 2.24) is 10.6 Å². The number of hydrogen-bond acceptors (Lipinski definition) is 3. The van der Waals surface area contributed by atoms with Gasteiger partial charge < -0.3 is 15.4 Å². The van der Waals surface area contributed by atoms with E-state index in [2.05, 4.69) is 10.6 Å². The Balaban J connectivity index is 2.47. The first kappa shape index (κ1) is 16.5. The molecule has 1 aromatic carbocycles. The molecule has 0 aliphatic heterocycles. The number of rotatable bonds is 7. The fraction of sp³-hybridized carbons (Fsp3) is 0.429. The Morgan fingerprint density at radius 1 is 1.25 bits per heavy atom. The first-order chi connectivity index (χ1) is 9.56. The van der Waals surface area contributed by atoms with Crippen molar-refractivity contribution >= 4 is 23.4 Å². The summed E-state index contributed by atoms with van der Waals surface area (Å²) >= 11 is 6.07. The maximum atomic E-state index is 11.9. The third-order valence-corrected chi connectivity index (χ3v) is 3.13. The largest absolute Gasteiger partial charge is 0.383 e.